The van der Waals surface area contributed by atoms with E-state index in [1.807, 2.05) is 0 Å². The maximum absolute atomic E-state index is 3.62. The van der Waals surface area contributed by atoms with Gasteiger partial charge in [-0.3, -0.25) is 9.80 Å². The van der Waals surface area contributed by atoms with Crippen LogP contribution in [-0.4, -0.2) is 60.6 Å². The lowest BCUT2D eigenvalue weighted by atomic mass is 10.1. The number of nitrogens with one attached hydrogen (secondary N) is 1. The molecule has 0 radical (unpaired) electrons. The molecule has 1 aliphatic heterocycles. The fourth-order valence-corrected chi connectivity index (χ4v) is 3.05. The van der Waals surface area contributed by atoms with E-state index in [2.05, 4.69) is 35.9 Å². The lowest BCUT2D eigenvalue weighted by molar-refractivity contribution is 0.0743. The molecule has 2 unspecified atom stereocenters. The Labute approximate surface area is 119 Å². The number of nitrogens with zero attached hydrogens (tertiary/aromatic N) is 2. The average Bonchev–Trinajstić information content (AvgIpc) is 3.27. The zero-order chi connectivity index (χ0) is 13.7. The maximum Gasteiger partial charge on any atom is 0.0113 e. The molecule has 3 nitrogen and oxygen atoms in total. The Morgan fingerprint density at radius 3 is 2.11 bits per heavy atom. The molecule has 1 aliphatic carbocycles. The molecule has 0 aromatic rings. The van der Waals surface area contributed by atoms with Crippen molar-refractivity contribution in [1.29, 1.82) is 0 Å². The van der Waals surface area contributed by atoms with Crippen LogP contribution in [0.5, 0.6) is 0 Å². The van der Waals surface area contributed by atoms with Crippen molar-refractivity contribution in [2.45, 2.75) is 71.0 Å². The molecule has 3 heteroatoms. The van der Waals surface area contributed by atoms with Crippen LogP contribution in [0.15, 0.2) is 0 Å². The summed E-state index contributed by atoms with van der Waals surface area (Å²) < 4.78 is 0. The Morgan fingerprint density at radius 2 is 1.58 bits per heavy atom. The summed E-state index contributed by atoms with van der Waals surface area (Å²) in [6, 6.07) is 2.40. The molecule has 0 amide bonds. The summed E-state index contributed by atoms with van der Waals surface area (Å²) in [5.41, 5.74) is 0. The van der Waals surface area contributed by atoms with Crippen LogP contribution in [0.1, 0.15) is 52.9 Å². The largest absolute Gasteiger partial charge is 0.314 e. The molecule has 2 fully saturated rings. The molecule has 0 spiro atoms. The van der Waals surface area contributed by atoms with Gasteiger partial charge in [0.25, 0.3) is 0 Å². The molecular weight excluding hydrogens is 234 g/mol. The van der Waals surface area contributed by atoms with Gasteiger partial charge in [0.05, 0.1) is 0 Å². The van der Waals surface area contributed by atoms with E-state index in [4.69, 9.17) is 0 Å². The van der Waals surface area contributed by atoms with Gasteiger partial charge in [0.15, 0.2) is 0 Å². The molecule has 19 heavy (non-hydrogen) atoms. The highest BCUT2D eigenvalue weighted by Gasteiger charge is 2.23. The minimum atomic E-state index is 0.764. The molecule has 1 N–H and O–H groups in total. The van der Waals surface area contributed by atoms with Crippen molar-refractivity contribution >= 4 is 0 Å². The van der Waals surface area contributed by atoms with Gasteiger partial charge in [-0.25, -0.2) is 0 Å². The van der Waals surface area contributed by atoms with Crippen LogP contribution in [-0.2, 0) is 0 Å². The van der Waals surface area contributed by atoms with E-state index in [9.17, 15) is 0 Å². The van der Waals surface area contributed by atoms with Gasteiger partial charge in [-0.15, -0.1) is 0 Å². The van der Waals surface area contributed by atoms with Gasteiger partial charge in [0.2, 0.25) is 0 Å². The zero-order valence-electron chi connectivity index (χ0n) is 13.2. The van der Waals surface area contributed by atoms with Crippen molar-refractivity contribution in [3.8, 4) is 0 Å². The van der Waals surface area contributed by atoms with Crippen LogP contribution in [0.2, 0.25) is 0 Å². The standard InChI is InChI=1S/C16H33N3/c1-4-14(2)18-10-12-19(13-11-18)15(3)6-5-9-17-16-7-8-16/h14-17H,4-13H2,1-3H3. The molecule has 0 aromatic heterocycles. The first-order valence-electron chi connectivity index (χ1n) is 8.42. The van der Waals surface area contributed by atoms with Crippen molar-refractivity contribution in [2.24, 2.45) is 0 Å². The highest BCUT2D eigenvalue weighted by molar-refractivity contribution is 4.81. The smallest absolute Gasteiger partial charge is 0.0113 e. The molecule has 112 valence electrons. The third kappa shape index (κ3) is 5.05. The van der Waals surface area contributed by atoms with Gasteiger partial charge in [-0.2, -0.15) is 0 Å². The lowest BCUT2D eigenvalue weighted by Crippen LogP contribution is -2.51. The summed E-state index contributed by atoms with van der Waals surface area (Å²) in [5, 5.41) is 3.62. The van der Waals surface area contributed by atoms with Crippen molar-refractivity contribution < 1.29 is 0 Å². The van der Waals surface area contributed by atoms with E-state index in [-0.39, 0.29) is 0 Å². The first kappa shape index (κ1) is 15.3. The first-order chi connectivity index (χ1) is 9.20. The molecule has 0 aromatic carbocycles. The Balaban J connectivity index is 1.57. The SMILES string of the molecule is CCC(C)N1CCN(C(C)CCCNC2CC2)CC1. The van der Waals surface area contributed by atoms with Crippen LogP contribution in [0.25, 0.3) is 0 Å². The normalized spacial score (nSPS) is 25.4. The van der Waals surface area contributed by atoms with Crippen molar-refractivity contribution in [3.63, 3.8) is 0 Å². The fourth-order valence-electron chi connectivity index (χ4n) is 3.05. The van der Waals surface area contributed by atoms with Crippen molar-refractivity contribution in [2.75, 3.05) is 32.7 Å². The molecule has 1 saturated heterocycles. The summed E-state index contributed by atoms with van der Waals surface area (Å²) in [6.07, 6.45) is 6.79. The quantitative estimate of drug-likeness (QED) is 0.681. The van der Waals surface area contributed by atoms with E-state index in [1.165, 1.54) is 64.8 Å². The van der Waals surface area contributed by atoms with E-state index in [0.29, 0.717) is 0 Å². The van der Waals surface area contributed by atoms with E-state index in [1.54, 1.807) is 0 Å². The van der Waals surface area contributed by atoms with Crippen LogP contribution >= 0.6 is 0 Å². The number of hydrogen-bond acceptors (Lipinski definition) is 3. The fraction of sp³-hybridized carbons (Fsp3) is 1.00. The summed E-state index contributed by atoms with van der Waals surface area (Å²) in [5.74, 6) is 0. The molecule has 2 rings (SSSR count). The second kappa shape index (κ2) is 7.61. The summed E-state index contributed by atoms with van der Waals surface area (Å²) in [6.45, 7) is 13.4. The van der Waals surface area contributed by atoms with Gasteiger partial charge < -0.3 is 5.32 Å². The number of rotatable bonds is 8. The van der Waals surface area contributed by atoms with E-state index < -0.39 is 0 Å². The maximum atomic E-state index is 3.62. The predicted octanol–water partition coefficient (Wildman–Crippen LogP) is 2.32. The summed E-state index contributed by atoms with van der Waals surface area (Å²) in [7, 11) is 0. The van der Waals surface area contributed by atoms with E-state index >= 15 is 0 Å². The van der Waals surface area contributed by atoms with E-state index in [0.717, 1.165) is 18.1 Å². The third-order valence-electron chi connectivity index (χ3n) is 5.00. The Kier molecular flexibility index (Phi) is 6.11. The van der Waals surface area contributed by atoms with Crippen LogP contribution < -0.4 is 5.32 Å². The number of piperazine rings is 1. The molecule has 1 saturated carbocycles. The van der Waals surface area contributed by atoms with Crippen LogP contribution in [0.4, 0.5) is 0 Å². The van der Waals surface area contributed by atoms with Crippen molar-refractivity contribution in [1.82, 2.24) is 15.1 Å². The zero-order valence-corrected chi connectivity index (χ0v) is 13.2. The van der Waals surface area contributed by atoms with Gasteiger partial charge >= 0.3 is 0 Å². The molecule has 2 aliphatic rings. The lowest BCUT2D eigenvalue weighted by Gasteiger charge is -2.40. The topological polar surface area (TPSA) is 18.5 Å². The molecule has 1 heterocycles. The van der Waals surface area contributed by atoms with Gasteiger partial charge in [-0.05, 0) is 52.5 Å². The highest BCUT2D eigenvalue weighted by atomic mass is 15.3. The van der Waals surface area contributed by atoms with Crippen molar-refractivity contribution in [3.05, 3.63) is 0 Å². The molecular formula is C16H33N3. The number of hydrogen-bond donors (Lipinski definition) is 1. The third-order valence-corrected chi connectivity index (χ3v) is 5.00. The minimum absolute atomic E-state index is 0.764. The summed E-state index contributed by atoms with van der Waals surface area (Å²) >= 11 is 0. The molecule has 0 bridgehead atoms. The first-order valence-corrected chi connectivity index (χ1v) is 8.42. The average molecular weight is 267 g/mol. The Morgan fingerprint density at radius 1 is 1.00 bits per heavy atom. The Bertz CT molecular complexity index is 244. The second-order valence-electron chi connectivity index (χ2n) is 6.55. The molecule has 2 atom stereocenters. The van der Waals surface area contributed by atoms with Crippen LogP contribution in [0, 0.1) is 0 Å². The van der Waals surface area contributed by atoms with Gasteiger partial charge in [-0.1, -0.05) is 6.92 Å². The Hall–Kier alpha value is -0.120. The highest BCUT2D eigenvalue weighted by Crippen LogP contribution is 2.19. The van der Waals surface area contributed by atoms with Gasteiger partial charge in [0.1, 0.15) is 0 Å². The predicted molar refractivity (Wildman–Crippen MR) is 82.6 cm³/mol. The summed E-state index contributed by atoms with van der Waals surface area (Å²) in [4.78, 5) is 5.34. The van der Waals surface area contributed by atoms with Gasteiger partial charge in [0, 0.05) is 44.3 Å². The van der Waals surface area contributed by atoms with Crippen LogP contribution in [0.3, 0.4) is 0 Å². The monoisotopic (exact) mass is 267 g/mol. The minimum Gasteiger partial charge on any atom is -0.314 e. The second-order valence-corrected chi connectivity index (χ2v) is 6.55.